The topological polar surface area (TPSA) is 38.3 Å². The maximum absolute atomic E-state index is 12.4. The molecule has 1 fully saturated rings. The molecule has 0 unspecified atom stereocenters. The lowest BCUT2D eigenvalue weighted by atomic mass is 9.96. The fourth-order valence-electron chi connectivity index (χ4n) is 2.83. The van der Waals surface area contributed by atoms with E-state index in [9.17, 15) is 4.79 Å². The Labute approximate surface area is 131 Å². The first-order chi connectivity index (χ1) is 10.7. The molecule has 2 aromatic carbocycles. The number of hydrogen-bond acceptors (Lipinski definition) is 2. The van der Waals surface area contributed by atoms with E-state index in [0.29, 0.717) is 18.7 Å². The molecule has 0 aromatic heterocycles. The number of amides is 1. The van der Waals surface area contributed by atoms with Gasteiger partial charge in [0.25, 0.3) is 5.91 Å². The maximum atomic E-state index is 12.4. The predicted octanol–water partition coefficient (Wildman–Crippen LogP) is 3.29. The molecule has 1 amide bonds. The summed E-state index contributed by atoms with van der Waals surface area (Å²) in [4.78, 5) is 12.4. The average molecular weight is 295 g/mol. The molecular formula is C19H21NO2. The Morgan fingerprint density at radius 1 is 1.14 bits per heavy atom. The third-order valence-corrected chi connectivity index (χ3v) is 4.33. The number of carbonyl (C=O) groups excluding carboxylic acids is 1. The van der Waals surface area contributed by atoms with E-state index in [-0.39, 0.29) is 11.3 Å². The van der Waals surface area contributed by atoms with E-state index in [2.05, 4.69) is 29.6 Å². The lowest BCUT2D eigenvalue weighted by Gasteiger charge is -2.16. The van der Waals surface area contributed by atoms with Crippen LogP contribution in [-0.4, -0.2) is 19.6 Å². The van der Waals surface area contributed by atoms with Crippen molar-refractivity contribution in [3.8, 4) is 0 Å². The Morgan fingerprint density at radius 2 is 1.91 bits per heavy atom. The highest BCUT2D eigenvalue weighted by Crippen LogP contribution is 2.47. The Morgan fingerprint density at radius 3 is 2.59 bits per heavy atom. The van der Waals surface area contributed by atoms with Gasteiger partial charge in [-0.05, 0) is 36.1 Å². The van der Waals surface area contributed by atoms with Crippen LogP contribution in [0.25, 0.3) is 0 Å². The van der Waals surface area contributed by atoms with E-state index in [1.807, 2.05) is 30.3 Å². The molecule has 2 aromatic rings. The van der Waals surface area contributed by atoms with Crippen molar-refractivity contribution in [3.05, 3.63) is 71.3 Å². The molecule has 0 radical (unpaired) electrons. The van der Waals surface area contributed by atoms with Crippen LogP contribution in [0.1, 0.15) is 34.3 Å². The minimum atomic E-state index is -0.0137. The minimum absolute atomic E-state index is 0.0137. The Bertz CT molecular complexity index is 647. The highest BCUT2D eigenvalue weighted by molar-refractivity contribution is 5.94. The van der Waals surface area contributed by atoms with Gasteiger partial charge in [0.15, 0.2) is 0 Å². The summed E-state index contributed by atoms with van der Waals surface area (Å²) in [5.41, 5.74) is 3.17. The van der Waals surface area contributed by atoms with Crippen LogP contribution >= 0.6 is 0 Å². The summed E-state index contributed by atoms with van der Waals surface area (Å²) in [7, 11) is 1.66. The summed E-state index contributed by atoms with van der Waals surface area (Å²) >= 11 is 0. The van der Waals surface area contributed by atoms with Crippen molar-refractivity contribution in [1.82, 2.24) is 5.32 Å². The summed E-state index contributed by atoms with van der Waals surface area (Å²) in [6.07, 6.45) is 2.28. The molecule has 0 atom stereocenters. The van der Waals surface area contributed by atoms with Gasteiger partial charge in [0.2, 0.25) is 0 Å². The van der Waals surface area contributed by atoms with Crippen molar-refractivity contribution in [2.45, 2.75) is 24.9 Å². The molecule has 0 saturated heterocycles. The number of ether oxygens (including phenoxy) is 1. The Kier molecular flexibility index (Phi) is 4.25. The maximum Gasteiger partial charge on any atom is 0.251 e. The zero-order chi connectivity index (χ0) is 15.4. The van der Waals surface area contributed by atoms with Crippen LogP contribution < -0.4 is 5.32 Å². The van der Waals surface area contributed by atoms with Crippen molar-refractivity contribution in [3.63, 3.8) is 0 Å². The van der Waals surface area contributed by atoms with Gasteiger partial charge in [0, 0.05) is 24.6 Å². The zero-order valence-electron chi connectivity index (χ0n) is 12.8. The third-order valence-electron chi connectivity index (χ3n) is 4.33. The van der Waals surface area contributed by atoms with E-state index in [1.54, 1.807) is 7.11 Å². The highest BCUT2D eigenvalue weighted by Gasteiger charge is 2.44. The third kappa shape index (κ3) is 3.20. The quantitative estimate of drug-likeness (QED) is 0.888. The van der Waals surface area contributed by atoms with Gasteiger partial charge < -0.3 is 10.1 Å². The van der Waals surface area contributed by atoms with Crippen molar-refractivity contribution in [1.29, 1.82) is 0 Å². The fourth-order valence-corrected chi connectivity index (χ4v) is 2.83. The van der Waals surface area contributed by atoms with Gasteiger partial charge in [-0.2, -0.15) is 0 Å². The van der Waals surface area contributed by atoms with Crippen LogP contribution in [-0.2, 0) is 16.8 Å². The molecule has 114 valence electrons. The summed E-state index contributed by atoms with van der Waals surface area (Å²) in [6.45, 7) is 1.22. The summed E-state index contributed by atoms with van der Waals surface area (Å²) in [5.74, 6) is -0.0137. The lowest BCUT2D eigenvalue weighted by molar-refractivity contribution is 0.0949. The molecule has 1 saturated carbocycles. The zero-order valence-corrected chi connectivity index (χ0v) is 12.8. The van der Waals surface area contributed by atoms with Gasteiger partial charge >= 0.3 is 0 Å². The number of nitrogens with one attached hydrogen (secondary N) is 1. The normalized spacial score (nSPS) is 15.3. The van der Waals surface area contributed by atoms with Gasteiger partial charge in [0.1, 0.15) is 0 Å². The molecule has 22 heavy (non-hydrogen) atoms. The van der Waals surface area contributed by atoms with Crippen molar-refractivity contribution in [2.24, 2.45) is 0 Å². The smallest absolute Gasteiger partial charge is 0.251 e. The highest BCUT2D eigenvalue weighted by atomic mass is 16.5. The predicted molar refractivity (Wildman–Crippen MR) is 86.8 cm³/mol. The molecule has 3 nitrogen and oxygen atoms in total. The monoisotopic (exact) mass is 295 g/mol. The van der Waals surface area contributed by atoms with E-state index < -0.39 is 0 Å². The van der Waals surface area contributed by atoms with E-state index in [1.165, 1.54) is 5.56 Å². The van der Waals surface area contributed by atoms with E-state index >= 15 is 0 Å². The van der Waals surface area contributed by atoms with Crippen LogP contribution in [0.5, 0.6) is 0 Å². The second-order valence-corrected chi connectivity index (χ2v) is 5.96. The molecule has 0 aliphatic heterocycles. The van der Waals surface area contributed by atoms with Crippen LogP contribution in [0.15, 0.2) is 54.6 Å². The average Bonchev–Trinajstić information content (AvgIpc) is 3.35. The van der Waals surface area contributed by atoms with Crippen LogP contribution in [0.3, 0.4) is 0 Å². The number of benzene rings is 2. The largest absolute Gasteiger partial charge is 0.380 e. The van der Waals surface area contributed by atoms with Gasteiger partial charge in [-0.15, -0.1) is 0 Å². The van der Waals surface area contributed by atoms with Crippen molar-refractivity contribution in [2.75, 3.05) is 13.7 Å². The molecule has 3 rings (SSSR count). The summed E-state index contributed by atoms with van der Waals surface area (Å²) in [6, 6.07) is 18.0. The number of carbonyl (C=O) groups is 1. The molecule has 0 bridgehead atoms. The summed E-state index contributed by atoms with van der Waals surface area (Å²) < 4.78 is 5.11. The molecule has 0 spiro atoms. The first-order valence-electron chi connectivity index (χ1n) is 7.65. The second kappa shape index (κ2) is 6.32. The molecule has 3 heteroatoms. The van der Waals surface area contributed by atoms with Gasteiger partial charge in [-0.1, -0.05) is 42.5 Å². The summed E-state index contributed by atoms with van der Waals surface area (Å²) in [5, 5.41) is 3.09. The fraction of sp³-hybridized carbons (Fsp3) is 0.316. The van der Waals surface area contributed by atoms with Gasteiger partial charge in [0.05, 0.1) is 6.61 Å². The first-order valence-corrected chi connectivity index (χ1v) is 7.65. The Balaban J connectivity index is 1.64. The van der Waals surface area contributed by atoms with Crippen LogP contribution in [0, 0.1) is 0 Å². The molecule has 1 aliphatic carbocycles. The molecular weight excluding hydrogens is 274 g/mol. The van der Waals surface area contributed by atoms with Crippen LogP contribution in [0.4, 0.5) is 0 Å². The number of rotatable bonds is 6. The van der Waals surface area contributed by atoms with Gasteiger partial charge in [-0.3, -0.25) is 4.79 Å². The number of methoxy groups -OCH3 is 1. The minimum Gasteiger partial charge on any atom is -0.380 e. The second-order valence-electron chi connectivity index (χ2n) is 5.96. The standard InChI is InChI=1S/C19H21NO2/c1-22-13-15-6-5-7-16(12-15)18(21)20-14-19(10-11-19)17-8-3-2-4-9-17/h2-9,12H,10-11,13-14H2,1H3,(H,20,21). The van der Waals surface area contributed by atoms with Crippen molar-refractivity contribution < 1.29 is 9.53 Å². The SMILES string of the molecule is COCc1cccc(C(=O)NCC2(c3ccccc3)CC2)c1. The van der Waals surface area contributed by atoms with Gasteiger partial charge in [-0.25, -0.2) is 0 Å². The molecule has 0 heterocycles. The lowest BCUT2D eigenvalue weighted by Crippen LogP contribution is -2.32. The number of hydrogen-bond donors (Lipinski definition) is 1. The van der Waals surface area contributed by atoms with E-state index in [0.717, 1.165) is 18.4 Å². The Hall–Kier alpha value is -2.13. The first kappa shape index (κ1) is 14.8. The van der Waals surface area contributed by atoms with Crippen LogP contribution in [0.2, 0.25) is 0 Å². The van der Waals surface area contributed by atoms with E-state index in [4.69, 9.17) is 4.74 Å². The van der Waals surface area contributed by atoms with Crippen molar-refractivity contribution >= 4 is 5.91 Å². The molecule has 1 aliphatic rings. The molecule has 1 N–H and O–H groups in total.